The molecular formula is C21H20N2O5. The van der Waals surface area contributed by atoms with Crippen molar-refractivity contribution < 1.29 is 23.9 Å². The Bertz CT molecular complexity index is 909. The first-order valence-corrected chi connectivity index (χ1v) is 8.81. The van der Waals surface area contributed by atoms with Crippen molar-refractivity contribution in [1.29, 1.82) is 0 Å². The number of rotatable bonds is 9. The number of carbonyl (C=O) groups is 3. The minimum Gasteiger partial charge on any atom is -0.482 e. The largest absolute Gasteiger partial charge is 0.482 e. The first kappa shape index (κ1) is 19.2. The number of benzene rings is 1. The lowest BCUT2D eigenvalue weighted by atomic mass is 9.92. The van der Waals surface area contributed by atoms with E-state index in [1.807, 2.05) is 24.3 Å². The summed E-state index contributed by atoms with van der Waals surface area (Å²) in [6.45, 7) is 1.88. The molecular weight excluding hydrogens is 360 g/mol. The number of hydrogen-bond acceptors (Lipinski definition) is 5. The lowest BCUT2D eigenvalue weighted by molar-refractivity contribution is -0.145. The van der Waals surface area contributed by atoms with E-state index in [-0.39, 0.29) is 12.5 Å². The van der Waals surface area contributed by atoms with Gasteiger partial charge in [-0.1, -0.05) is 12.1 Å². The third-order valence-corrected chi connectivity index (χ3v) is 4.21. The zero-order valence-electron chi connectivity index (χ0n) is 15.3. The van der Waals surface area contributed by atoms with Crippen molar-refractivity contribution in [2.24, 2.45) is 0 Å². The highest BCUT2D eigenvalue weighted by Gasteiger charge is 2.20. The molecule has 7 heteroatoms. The minimum atomic E-state index is -0.426. The second-order valence-corrected chi connectivity index (χ2v) is 6.07. The Morgan fingerprint density at radius 1 is 0.929 bits per heavy atom. The maximum atomic E-state index is 11.4. The van der Waals surface area contributed by atoms with E-state index < -0.39 is 5.97 Å². The van der Waals surface area contributed by atoms with Crippen LogP contribution in [0.1, 0.15) is 50.8 Å². The highest BCUT2D eigenvalue weighted by molar-refractivity contribution is 5.73. The molecule has 0 saturated heterocycles. The summed E-state index contributed by atoms with van der Waals surface area (Å²) in [5, 5.41) is 0. The van der Waals surface area contributed by atoms with Gasteiger partial charge in [0, 0.05) is 11.4 Å². The molecule has 0 aliphatic rings. The van der Waals surface area contributed by atoms with E-state index in [0.29, 0.717) is 23.7 Å². The van der Waals surface area contributed by atoms with E-state index in [2.05, 4.69) is 9.97 Å². The fraction of sp³-hybridized carbons (Fsp3) is 0.190. The van der Waals surface area contributed by atoms with Gasteiger partial charge < -0.3 is 19.4 Å². The van der Waals surface area contributed by atoms with Gasteiger partial charge in [-0.3, -0.25) is 9.59 Å². The Kier molecular flexibility index (Phi) is 6.06. The van der Waals surface area contributed by atoms with Crippen LogP contribution in [-0.2, 0) is 9.53 Å². The summed E-state index contributed by atoms with van der Waals surface area (Å²) in [5.74, 6) is -0.123. The maximum Gasteiger partial charge on any atom is 0.344 e. The van der Waals surface area contributed by atoms with E-state index >= 15 is 0 Å². The molecule has 2 aromatic heterocycles. The van der Waals surface area contributed by atoms with Gasteiger partial charge in [0.05, 0.1) is 23.9 Å². The number of nitrogens with one attached hydrogen (secondary N) is 2. The number of H-pyrrole nitrogens is 2. The van der Waals surface area contributed by atoms with Crippen LogP contribution in [0.15, 0.2) is 48.5 Å². The molecule has 0 radical (unpaired) electrons. The van der Waals surface area contributed by atoms with E-state index in [9.17, 15) is 14.4 Å². The average Bonchev–Trinajstić information content (AvgIpc) is 3.38. The van der Waals surface area contributed by atoms with E-state index in [1.54, 1.807) is 31.2 Å². The van der Waals surface area contributed by atoms with Crippen LogP contribution in [0, 0.1) is 0 Å². The molecule has 0 amide bonds. The highest BCUT2D eigenvalue weighted by atomic mass is 16.6. The molecule has 2 N–H and O–H groups in total. The maximum absolute atomic E-state index is 11.4. The summed E-state index contributed by atoms with van der Waals surface area (Å²) in [7, 11) is 0. The quantitative estimate of drug-likeness (QED) is 0.439. The second-order valence-electron chi connectivity index (χ2n) is 6.07. The van der Waals surface area contributed by atoms with Gasteiger partial charge in [-0.25, -0.2) is 4.79 Å². The third kappa shape index (κ3) is 4.37. The van der Waals surface area contributed by atoms with Crippen molar-refractivity contribution in [1.82, 2.24) is 9.97 Å². The Balaban J connectivity index is 1.86. The van der Waals surface area contributed by atoms with Crippen molar-refractivity contribution in [2.75, 3.05) is 13.2 Å². The summed E-state index contributed by atoms with van der Waals surface area (Å²) < 4.78 is 10.3. The number of esters is 1. The topological polar surface area (TPSA) is 101 Å². The first-order valence-electron chi connectivity index (χ1n) is 8.81. The molecule has 0 bridgehead atoms. The van der Waals surface area contributed by atoms with Crippen LogP contribution in [0.25, 0.3) is 0 Å². The summed E-state index contributed by atoms with van der Waals surface area (Å²) >= 11 is 0. The van der Waals surface area contributed by atoms with Crippen LogP contribution in [-0.4, -0.2) is 41.7 Å². The summed E-state index contributed by atoms with van der Waals surface area (Å²) in [4.78, 5) is 39.7. The molecule has 3 aromatic rings. The van der Waals surface area contributed by atoms with Gasteiger partial charge in [0.1, 0.15) is 5.75 Å². The predicted octanol–water partition coefficient (Wildman–Crippen LogP) is 3.09. The number of carbonyl (C=O) groups excluding carboxylic acids is 3. The molecule has 3 rings (SSSR count). The molecule has 144 valence electrons. The smallest absolute Gasteiger partial charge is 0.344 e. The molecule has 0 aliphatic heterocycles. The normalized spacial score (nSPS) is 10.6. The number of ether oxygens (including phenoxy) is 2. The lowest BCUT2D eigenvalue weighted by Gasteiger charge is -2.16. The standard InChI is InChI=1S/C21H20N2O5/c1-2-27-20(26)13-28-17-7-3-14(4-8-17)21(18-9-5-15(11-24)22-18)19-10-6-16(12-25)23-19/h3-12,21-23H,2,13H2,1H3. The fourth-order valence-electron chi connectivity index (χ4n) is 2.96. The number of hydrogen-bond donors (Lipinski definition) is 2. The lowest BCUT2D eigenvalue weighted by Crippen LogP contribution is -2.14. The minimum absolute atomic E-state index is 0.157. The fourth-order valence-corrected chi connectivity index (χ4v) is 2.96. The molecule has 2 heterocycles. The van der Waals surface area contributed by atoms with E-state index in [0.717, 1.165) is 29.5 Å². The number of aldehydes is 2. The zero-order valence-corrected chi connectivity index (χ0v) is 15.3. The molecule has 0 fully saturated rings. The Morgan fingerprint density at radius 3 is 1.96 bits per heavy atom. The Morgan fingerprint density at radius 2 is 1.50 bits per heavy atom. The van der Waals surface area contributed by atoms with Crippen molar-refractivity contribution in [3.8, 4) is 5.75 Å². The van der Waals surface area contributed by atoms with Crippen LogP contribution in [0.4, 0.5) is 0 Å². The summed E-state index contributed by atoms with van der Waals surface area (Å²) in [5.41, 5.74) is 3.47. The Labute approximate surface area is 161 Å². The van der Waals surface area contributed by atoms with Crippen LogP contribution in [0.3, 0.4) is 0 Å². The number of aromatic nitrogens is 2. The van der Waals surface area contributed by atoms with Gasteiger partial charge in [0.15, 0.2) is 19.2 Å². The molecule has 1 aromatic carbocycles. The van der Waals surface area contributed by atoms with Crippen LogP contribution < -0.4 is 4.74 Å². The molecule has 0 spiro atoms. The molecule has 0 saturated carbocycles. The molecule has 0 atom stereocenters. The van der Waals surface area contributed by atoms with Gasteiger partial charge in [0.25, 0.3) is 0 Å². The summed E-state index contributed by atoms with van der Waals surface area (Å²) in [6.07, 6.45) is 1.50. The van der Waals surface area contributed by atoms with E-state index in [1.165, 1.54) is 0 Å². The second kappa shape index (κ2) is 8.85. The van der Waals surface area contributed by atoms with Crippen molar-refractivity contribution in [3.05, 3.63) is 76.9 Å². The monoisotopic (exact) mass is 380 g/mol. The zero-order chi connectivity index (χ0) is 19.9. The van der Waals surface area contributed by atoms with Crippen LogP contribution in [0.2, 0.25) is 0 Å². The predicted molar refractivity (Wildman–Crippen MR) is 102 cm³/mol. The van der Waals surface area contributed by atoms with Crippen LogP contribution >= 0.6 is 0 Å². The molecule has 7 nitrogen and oxygen atoms in total. The van der Waals surface area contributed by atoms with Gasteiger partial charge in [-0.05, 0) is 48.9 Å². The van der Waals surface area contributed by atoms with Gasteiger partial charge in [-0.15, -0.1) is 0 Å². The third-order valence-electron chi connectivity index (χ3n) is 4.21. The molecule has 28 heavy (non-hydrogen) atoms. The van der Waals surface area contributed by atoms with Gasteiger partial charge in [-0.2, -0.15) is 0 Å². The Hall–Kier alpha value is -3.61. The van der Waals surface area contributed by atoms with Crippen molar-refractivity contribution in [3.63, 3.8) is 0 Å². The van der Waals surface area contributed by atoms with Crippen molar-refractivity contribution in [2.45, 2.75) is 12.8 Å². The van der Waals surface area contributed by atoms with Crippen LogP contribution in [0.5, 0.6) is 5.75 Å². The van der Waals surface area contributed by atoms with Gasteiger partial charge in [0.2, 0.25) is 0 Å². The first-order chi connectivity index (χ1) is 13.6. The van der Waals surface area contributed by atoms with Crippen molar-refractivity contribution >= 4 is 18.5 Å². The number of aromatic amines is 2. The molecule has 0 unspecified atom stereocenters. The van der Waals surface area contributed by atoms with E-state index in [4.69, 9.17) is 9.47 Å². The SMILES string of the molecule is CCOC(=O)COc1ccc(C(c2ccc(C=O)[nH]2)c2ccc(C=O)[nH]2)cc1. The van der Waals surface area contributed by atoms with Gasteiger partial charge >= 0.3 is 5.97 Å². The summed E-state index contributed by atoms with van der Waals surface area (Å²) in [6, 6.07) is 14.3. The average molecular weight is 380 g/mol. The highest BCUT2D eigenvalue weighted by Crippen LogP contribution is 2.31. The molecule has 0 aliphatic carbocycles.